The monoisotopic (exact) mass is 842 g/mol. The van der Waals surface area contributed by atoms with Crippen LogP contribution in [-0.2, 0) is 28.7 Å². The predicted octanol–water partition coefficient (Wildman–Crippen LogP) is 7.60. The molecule has 0 radical (unpaired) electrons. The molecule has 0 aromatic rings. The number of ether oxygens (including phenoxy) is 2. The van der Waals surface area contributed by atoms with Gasteiger partial charge in [-0.3, -0.25) is 19.2 Å². The highest BCUT2D eigenvalue weighted by molar-refractivity contribution is 5.92. The van der Waals surface area contributed by atoms with E-state index in [1.165, 1.54) is 136 Å². The summed E-state index contributed by atoms with van der Waals surface area (Å²) < 4.78 is 11.3. The molecular weight excluding hydrogens is 755 g/mol. The molecule has 0 aliphatic carbocycles. The Morgan fingerprint density at radius 1 is 0.576 bits per heavy atom. The fourth-order valence-electron chi connectivity index (χ4n) is 7.90. The van der Waals surface area contributed by atoms with Crippen molar-refractivity contribution < 1.29 is 49.1 Å². The number of unbranched alkanes of at least 4 members (excludes halogenated alkanes) is 23. The molecule has 0 aromatic carbocycles. The molecule has 1 unspecified atom stereocenters. The number of hydrogen-bond donors (Lipinski definition) is 7. The maximum Gasteiger partial charge on any atom is 0.303 e. The minimum atomic E-state index is -1.52. The Labute approximate surface area is 357 Å². The molecular formula is C46H87N3O10. The molecule has 0 bridgehead atoms. The summed E-state index contributed by atoms with van der Waals surface area (Å²) in [5.41, 5.74) is 0. The lowest BCUT2D eigenvalue weighted by Crippen LogP contribution is -2.56. The first-order valence-electron chi connectivity index (χ1n) is 23.8. The number of carboxylic acid groups (broad SMARTS) is 1. The number of likely N-dealkylation sites (N-methyl/N-ethyl adjacent to an activating group) is 1. The van der Waals surface area contributed by atoms with Crippen molar-refractivity contribution in [2.75, 3.05) is 13.7 Å². The molecule has 0 aromatic heterocycles. The van der Waals surface area contributed by atoms with Gasteiger partial charge in [0.25, 0.3) is 0 Å². The first-order valence-corrected chi connectivity index (χ1v) is 23.8. The summed E-state index contributed by atoms with van der Waals surface area (Å²) in [6.07, 6.45) is 24.7. The zero-order chi connectivity index (χ0) is 43.7. The van der Waals surface area contributed by atoms with E-state index in [0.717, 1.165) is 38.5 Å². The zero-order valence-corrected chi connectivity index (χ0v) is 37.6. The fraction of sp³-hybridized carbons (Fsp3) is 0.913. The Morgan fingerprint density at radius 2 is 0.983 bits per heavy atom. The number of carboxylic acids is 1. The van der Waals surface area contributed by atoms with E-state index in [1.54, 1.807) is 0 Å². The van der Waals surface area contributed by atoms with Crippen molar-refractivity contribution in [2.45, 2.75) is 250 Å². The van der Waals surface area contributed by atoms with Crippen molar-refractivity contribution in [3.05, 3.63) is 0 Å². The van der Waals surface area contributed by atoms with Gasteiger partial charge in [0.05, 0.1) is 12.7 Å². The second kappa shape index (κ2) is 35.3. The SMILES string of the molecule is CCCCCCCCCCCCCCCC(CCCCCCCCCCCCCC)C(=O)N[C@H](CO[C@@H]1O[C@H]([C@H](C)O)[C@@H](O)[C@@H]1O)C(=O)N[C@@H](CCC(=O)O)C(=O)NC. The van der Waals surface area contributed by atoms with Crippen LogP contribution in [0.3, 0.4) is 0 Å². The Hall–Kier alpha value is -2.32. The van der Waals surface area contributed by atoms with Crippen LogP contribution in [0.25, 0.3) is 0 Å². The molecule has 0 saturated carbocycles. The van der Waals surface area contributed by atoms with E-state index in [4.69, 9.17) is 9.47 Å². The summed E-state index contributed by atoms with van der Waals surface area (Å²) in [6.45, 7) is 5.42. The standard InChI is InChI=1S/C46H87N3O10/c1-5-7-9-11-13-15-17-19-21-23-25-27-29-31-36(30-28-26-24-22-20-18-16-14-12-10-8-6-2)43(55)49-38(34-58-46-41(54)40(53)42(59-46)35(3)50)45(57)48-37(44(56)47-4)32-33-39(51)52/h35-38,40-42,46,50,53-54H,5-34H2,1-4H3,(H,47,56)(H,48,57)(H,49,55)(H,51,52)/t35-,36?,37-,38+,40-,41-,42+,46+/m0/s1. The van der Waals surface area contributed by atoms with Gasteiger partial charge in [-0.1, -0.05) is 174 Å². The summed E-state index contributed by atoms with van der Waals surface area (Å²) in [6, 6.07) is -2.51. The number of rotatable bonds is 39. The Morgan fingerprint density at radius 3 is 1.36 bits per heavy atom. The van der Waals surface area contributed by atoms with Gasteiger partial charge in [-0.2, -0.15) is 0 Å². The normalized spacial score (nSPS) is 19.8. The quantitative estimate of drug-likeness (QED) is 0.0302. The van der Waals surface area contributed by atoms with Crippen LogP contribution < -0.4 is 16.0 Å². The van der Waals surface area contributed by atoms with Crippen molar-refractivity contribution in [1.29, 1.82) is 0 Å². The van der Waals surface area contributed by atoms with E-state index < -0.39 is 67.2 Å². The Balaban J connectivity index is 2.91. The molecule has 59 heavy (non-hydrogen) atoms. The topological polar surface area (TPSA) is 204 Å². The molecule has 8 atom stereocenters. The summed E-state index contributed by atoms with van der Waals surface area (Å²) in [7, 11) is 1.38. The molecule has 13 heteroatoms. The number of aliphatic hydroxyl groups excluding tert-OH is 3. The fourth-order valence-corrected chi connectivity index (χ4v) is 7.90. The Bertz CT molecular complexity index is 1100. The molecule has 1 heterocycles. The number of aliphatic hydroxyl groups is 3. The van der Waals surface area contributed by atoms with Crippen LogP contribution >= 0.6 is 0 Å². The summed E-state index contributed by atoms with van der Waals surface area (Å²) in [5.74, 6) is -3.14. The lowest BCUT2D eigenvalue weighted by atomic mass is 9.93. The summed E-state index contributed by atoms with van der Waals surface area (Å²) >= 11 is 0. The molecule has 1 saturated heterocycles. The van der Waals surface area contributed by atoms with Crippen LogP contribution in [0, 0.1) is 5.92 Å². The number of aliphatic carboxylic acids is 1. The van der Waals surface area contributed by atoms with Crippen molar-refractivity contribution >= 4 is 23.7 Å². The van der Waals surface area contributed by atoms with Crippen LogP contribution in [0.4, 0.5) is 0 Å². The molecule has 346 valence electrons. The van der Waals surface area contributed by atoms with E-state index in [2.05, 4.69) is 29.8 Å². The number of carbonyl (C=O) groups excluding carboxylic acids is 3. The third-order valence-electron chi connectivity index (χ3n) is 11.8. The highest BCUT2D eigenvalue weighted by Crippen LogP contribution is 2.25. The molecule has 7 N–H and O–H groups in total. The third-order valence-corrected chi connectivity index (χ3v) is 11.8. The molecule has 13 nitrogen and oxygen atoms in total. The molecule has 1 fully saturated rings. The van der Waals surface area contributed by atoms with Crippen LogP contribution in [0.15, 0.2) is 0 Å². The van der Waals surface area contributed by atoms with Crippen LogP contribution in [0.1, 0.15) is 207 Å². The van der Waals surface area contributed by atoms with Crippen molar-refractivity contribution in [3.8, 4) is 0 Å². The van der Waals surface area contributed by atoms with Gasteiger partial charge in [0.15, 0.2) is 6.29 Å². The molecule has 3 amide bonds. The van der Waals surface area contributed by atoms with Crippen molar-refractivity contribution in [2.24, 2.45) is 5.92 Å². The van der Waals surface area contributed by atoms with Crippen LogP contribution in [0.2, 0.25) is 0 Å². The first-order chi connectivity index (χ1) is 28.5. The van der Waals surface area contributed by atoms with Gasteiger partial charge >= 0.3 is 5.97 Å². The van der Waals surface area contributed by atoms with E-state index in [0.29, 0.717) is 12.8 Å². The number of amides is 3. The van der Waals surface area contributed by atoms with E-state index in [-0.39, 0.29) is 24.7 Å². The average molecular weight is 842 g/mol. The van der Waals surface area contributed by atoms with Gasteiger partial charge in [-0.15, -0.1) is 0 Å². The minimum Gasteiger partial charge on any atom is -0.481 e. The molecule has 1 aliphatic heterocycles. The average Bonchev–Trinajstić information content (AvgIpc) is 3.50. The predicted molar refractivity (Wildman–Crippen MR) is 233 cm³/mol. The van der Waals surface area contributed by atoms with Gasteiger partial charge in [0, 0.05) is 19.4 Å². The number of carbonyl (C=O) groups is 4. The smallest absolute Gasteiger partial charge is 0.303 e. The third kappa shape index (κ3) is 25.9. The van der Waals surface area contributed by atoms with Gasteiger partial charge in [0.2, 0.25) is 17.7 Å². The number of hydrogen-bond acceptors (Lipinski definition) is 9. The van der Waals surface area contributed by atoms with E-state index >= 15 is 0 Å². The van der Waals surface area contributed by atoms with Crippen molar-refractivity contribution in [1.82, 2.24) is 16.0 Å². The van der Waals surface area contributed by atoms with Crippen LogP contribution in [0.5, 0.6) is 0 Å². The van der Waals surface area contributed by atoms with Gasteiger partial charge in [-0.05, 0) is 26.2 Å². The maximum atomic E-state index is 14.0. The van der Waals surface area contributed by atoms with E-state index in [9.17, 15) is 39.6 Å². The Kier molecular flexibility index (Phi) is 32.7. The summed E-state index contributed by atoms with van der Waals surface area (Å²) in [5, 5.41) is 48.0. The number of nitrogens with one attached hydrogen (secondary N) is 3. The lowest BCUT2D eigenvalue weighted by Gasteiger charge is -2.26. The van der Waals surface area contributed by atoms with Gasteiger partial charge in [0.1, 0.15) is 30.4 Å². The van der Waals surface area contributed by atoms with Gasteiger partial charge < -0.3 is 45.9 Å². The highest BCUT2D eigenvalue weighted by Gasteiger charge is 2.46. The molecule has 0 spiro atoms. The minimum absolute atomic E-state index is 0.171. The second-order valence-corrected chi connectivity index (χ2v) is 17.1. The van der Waals surface area contributed by atoms with Crippen LogP contribution in [-0.4, -0.2) is 101 Å². The summed E-state index contributed by atoms with van der Waals surface area (Å²) in [4.78, 5) is 51.7. The zero-order valence-electron chi connectivity index (χ0n) is 37.6. The maximum absolute atomic E-state index is 14.0. The van der Waals surface area contributed by atoms with Gasteiger partial charge in [-0.25, -0.2) is 0 Å². The van der Waals surface area contributed by atoms with Crippen molar-refractivity contribution in [3.63, 3.8) is 0 Å². The largest absolute Gasteiger partial charge is 0.481 e. The highest BCUT2D eigenvalue weighted by atomic mass is 16.7. The lowest BCUT2D eigenvalue weighted by molar-refractivity contribution is -0.181. The van der Waals surface area contributed by atoms with E-state index in [1.807, 2.05) is 0 Å². The first kappa shape index (κ1) is 54.7. The molecule has 1 aliphatic rings. The second-order valence-electron chi connectivity index (χ2n) is 17.1. The molecule has 1 rings (SSSR count).